The molecular weight excluding hydrogens is 614 g/mol. The molecule has 2 aromatic rings. The molecule has 1 saturated carbocycles. The maximum atomic E-state index is 14.2. The fourth-order valence-corrected chi connectivity index (χ4v) is 7.95. The number of carbonyl (C=O) groups excluding carboxylic acids is 1. The van der Waals surface area contributed by atoms with E-state index in [0.29, 0.717) is 60.6 Å². The van der Waals surface area contributed by atoms with E-state index in [2.05, 4.69) is 44.8 Å². The summed E-state index contributed by atoms with van der Waals surface area (Å²) in [6.07, 6.45) is -0.855. The van der Waals surface area contributed by atoms with Gasteiger partial charge >= 0.3 is 5.97 Å². The van der Waals surface area contributed by atoms with Crippen molar-refractivity contribution >= 4 is 17.6 Å². The minimum atomic E-state index is -1.03. The van der Waals surface area contributed by atoms with E-state index in [1.54, 1.807) is 31.2 Å². The second kappa shape index (κ2) is 14.7. The van der Waals surface area contributed by atoms with Crippen LogP contribution in [0.3, 0.4) is 0 Å². The SMILES string of the molecule is COc1c(CN2O[C@@H](CO)[C@@H]([C@H](C)O)[C@H]2C(=O)N[C@H]2C[C@@H](C)C(C)(C)[C@@H](C)[C@@H]2C)cccc1-c1cc(C(=O)O)cc(N2CCOCC2)c1. The van der Waals surface area contributed by atoms with Gasteiger partial charge in [-0.25, -0.2) is 4.79 Å². The number of hydroxylamine groups is 2. The average molecular weight is 668 g/mol. The Kier molecular flexibility index (Phi) is 11.1. The molecule has 2 aliphatic heterocycles. The van der Waals surface area contributed by atoms with Crippen molar-refractivity contribution < 1.29 is 39.2 Å². The van der Waals surface area contributed by atoms with E-state index in [-0.39, 0.29) is 42.0 Å². The Labute approximate surface area is 284 Å². The number of morpholine rings is 1. The third kappa shape index (κ3) is 7.07. The molecule has 3 aliphatic rings. The molecule has 0 unspecified atom stereocenters. The first-order valence-electron chi connectivity index (χ1n) is 17.2. The van der Waals surface area contributed by atoms with Crippen LogP contribution in [-0.2, 0) is 20.9 Å². The van der Waals surface area contributed by atoms with Crippen molar-refractivity contribution in [3.05, 3.63) is 47.5 Å². The van der Waals surface area contributed by atoms with Gasteiger partial charge in [0.2, 0.25) is 5.91 Å². The highest BCUT2D eigenvalue weighted by atomic mass is 16.7. The summed E-state index contributed by atoms with van der Waals surface area (Å²) in [5.41, 5.74) is 3.17. The molecule has 5 rings (SSSR count). The number of carbonyl (C=O) groups is 2. The normalized spacial score (nSPS) is 29.8. The van der Waals surface area contributed by atoms with E-state index in [0.717, 1.165) is 12.1 Å². The maximum Gasteiger partial charge on any atom is 0.335 e. The van der Waals surface area contributed by atoms with E-state index < -0.39 is 30.1 Å². The minimum absolute atomic E-state index is 0.0414. The van der Waals surface area contributed by atoms with Crippen LogP contribution in [-0.4, -0.2) is 96.6 Å². The van der Waals surface area contributed by atoms with Gasteiger partial charge in [-0.1, -0.05) is 52.8 Å². The van der Waals surface area contributed by atoms with Gasteiger partial charge in [-0.15, -0.1) is 0 Å². The summed E-state index contributed by atoms with van der Waals surface area (Å²) in [7, 11) is 1.56. The molecule has 48 heavy (non-hydrogen) atoms. The number of nitrogens with zero attached hydrogens (tertiary/aromatic N) is 2. The van der Waals surface area contributed by atoms with Crippen LogP contribution in [0.25, 0.3) is 11.1 Å². The number of para-hydroxylation sites is 1. The fourth-order valence-electron chi connectivity index (χ4n) is 7.95. The van der Waals surface area contributed by atoms with Gasteiger partial charge in [0.1, 0.15) is 17.9 Å². The number of aliphatic hydroxyl groups excluding tert-OH is 2. The number of ether oxygens (including phenoxy) is 2. The quantitative estimate of drug-likeness (QED) is 0.292. The van der Waals surface area contributed by atoms with Crippen LogP contribution in [0.15, 0.2) is 36.4 Å². The molecule has 264 valence electrons. The predicted molar refractivity (Wildman–Crippen MR) is 183 cm³/mol. The molecule has 2 aromatic carbocycles. The lowest BCUT2D eigenvalue weighted by atomic mass is 9.58. The lowest BCUT2D eigenvalue weighted by molar-refractivity contribution is -0.182. The molecule has 3 fully saturated rings. The molecule has 8 atom stereocenters. The number of anilines is 1. The molecule has 0 bridgehead atoms. The van der Waals surface area contributed by atoms with Crippen LogP contribution in [0.2, 0.25) is 0 Å². The summed E-state index contributed by atoms with van der Waals surface area (Å²) in [5.74, 6) is -0.393. The number of aromatic carboxylic acids is 1. The van der Waals surface area contributed by atoms with E-state index >= 15 is 0 Å². The Hall–Kier alpha value is -3.22. The first-order valence-corrected chi connectivity index (χ1v) is 17.2. The number of rotatable bonds is 10. The molecule has 11 heteroatoms. The highest BCUT2D eigenvalue weighted by Crippen LogP contribution is 2.47. The number of hydrogen-bond acceptors (Lipinski definition) is 9. The number of carboxylic acids is 1. The van der Waals surface area contributed by atoms with Crippen molar-refractivity contribution in [3.63, 3.8) is 0 Å². The lowest BCUT2D eigenvalue weighted by Crippen LogP contribution is -2.56. The maximum absolute atomic E-state index is 14.2. The zero-order valence-corrected chi connectivity index (χ0v) is 29.3. The zero-order chi connectivity index (χ0) is 34.9. The van der Waals surface area contributed by atoms with Gasteiger partial charge in [0, 0.05) is 41.9 Å². The van der Waals surface area contributed by atoms with Gasteiger partial charge in [-0.05, 0) is 60.3 Å². The van der Waals surface area contributed by atoms with Crippen molar-refractivity contribution in [2.75, 3.05) is 44.9 Å². The Morgan fingerprint density at radius 1 is 1.12 bits per heavy atom. The molecular formula is C37H53N3O8. The molecule has 1 amide bonds. The molecule has 0 spiro atoms. The number of methoxy groups -OCH3 is 1. The zero-order valence-electron chi connectivity index (χ0n) is 29.3. The average Bonchev–Trinajstić information content (AvgIpc) is 3.45. The minimum Gasteiger partial charge on any atom is -0.496 e. The van der Waals surface area contributed by atoms with Gasteiger partial charge in [-0.3, -0.25) is 9.63 Å². The van der Waals surface area contributed by atoms with Gasteiger partial charge in [-0.2, -0.15) is 5.06 Å². The highest BCUT2D eigenvalue weighted by Gasteiger charge is 2.51. The first-order chi connectivity index (χ1) is 22.8. The number of amides is 1. The Balaban J connectivity index is 1.47. The molecule has 2 heterocycles. The molecule has 11 nitrogen and oxygen atoms in total. The lowest BCUT2D eigenvalue weighted by Gasteiger charge is -2.50. The third-order valence-electron chi connectivity index (χ3n) is 11.7. The summed E-state index contributed by atoms with van der Waals surface area (Å²) in [5, 5.41) is 36.0. The van der Waals surface area contributed by atoms with Crippen LogP contribution >= 0.6 is 0 Å². The predicted octanol–water partition coefficient (Wildman–Crippen LogP) is 4.19. The van der Waals surface area contributed by atoms with Gasteiger partial charge in [0.15, 0.2) is 0 Å². The number of hydrogen-bond donors (Lipinski definition) is 4. The van der Waals surface area contributed by atoms with Crippen LogP contribution in [0.1, 0.15) is 63.9 Å². The first kappa shape index (κ1) is 36.1. The van der Waals surface area contributed by atoms with E-state index in [1.807, 2.05) is 24.3 Å². The number of benzene rings is 2. The molecule has 4 N–H and O–H groups in total. The van der Waals surface area contributed by atoms with E-state index in [1.165, 1.54) is 0 Å². The number of carboxylic acid groups (broad SMARTS) is 1. The van der Waals surface area contributed by atoms with E-state index in [9.17, 15) is 24.9 Å². The second-order valence-electron chi connectivity index (χ2n) is 14.6. The van der Waals surface area contributed by atoms with Crippen molar-refractivity contribution in [2.45, 2.75) is 78.8 Å². The smallest absolute Gasteiger partial charge is 0.335 e. The molecule has 2 saturated heterocycles. The Bertz CT molecular complexity index is 1460. The summed E-state index contributed by atoms with van der Waals surface area (Å²) in [6, 6.07) is 9.98. The molecule has 0 aromatic heterocycles. The molecule has 1 aliphatic carbocycles. The van der Waals surface area contributed by atoms with Crippen molar-refractivity contribution in [3.8, 4) is 16.9 Å². The van der Waals surface area contributed by atoms with Crippen LogP contribution < -0.4 is 15.0 Å². The monoisotopic (exact) mass is 667 g/mol. The van der Waals surface area contributed by atoms with Crippen LogP contribution in [0.4, 0.5) is 5.69 Å². The number of nitrogens with one attached hydrogen (secondary N) is 1. The summed E-state index contributed by atoms with van der Waals surface area (Å²) < 4.78 is 11.5. The van der Waals surface area contributed by atoms with Gasteiger partial charge in [0.05, 0.1) is 45.1 Å². The van der Waals surface area contributed by atoms with Crippen molar-refractivity contribution in [1.29, 1.82) is 0 Å². The Morgan fingerprint density at radius 2 is 1.83 bits per heavy atom. The summed E-state index contributed by atoms with van der Waals surface area (Å²) in [6.45, 7) is 15.1. The standard InChI is InChI=1S/C37H53N3O8/c1-21-15-30(22(2)23(3)37(21,5)6)38-35(43)33-32(24(4)42)31(20-41)48-40(33)19-25-9-8-10-29(34(25)46-7)26-16-27(36(44)45)18-28(17-26)39-11-13-47-14-12-39/h8-10,16-18,21-24,30-33,41-42H,11-15,19-20H2,1-7H3,(H,38,43)(H,44,45)/t21-,22+,23+,24+,30+,31+,32-,33+/m1/s1. The summed E-state index contributed by atoms with van der Waals surface area (Å²) in [4.78, 5) is 34.7. The summed E-state index contributed by atoms with van der Waals surface area (Å²) >= 11 is 0. The van der Waals surface area contributed by atoms with Crippen LogP contribution in [0, 0.1) is 29.1 Å². The van der Waals surface area contributed by atoms with Gasteiger partial charge in [0.25, 0.3) is 0 Å². The molecule has 0 radical (unpaired) electrons. The van der Waals surface area contributed by atoms with E-state index in [4.69, 9.17) is 14.3 Å². The van der Waals surface area contributed by atoms with Crippen molar-refractivity contribution in [1.82, 2.24) is 10.4 Å². The Morgan fingerprint density at radius 3 is 2.46 bits per heavy atom. The van der Waals surface area contributed by atoms with Gasteiger partial charge < -0.3 is 35.0 Å². The topological polar surface area (TPSA) is 141 Å². The fraction of sp³-hybridized carbons (Fsp3) is 0.622. The van der Waals surface area contributed by atoms with Crippen molar-refractivity contribution in [2.24, 2.45) is 29.1 Å². The highest BCUT2D eigenvalue weighted by molar-refractivity contribution is 5.92. The third-order valence-corrected chi connectivity index (χ3v) is 11.7. The number of aliphatic hydroxyl groups is 2. The largest absolute Gasteiger partial charge is 0.496 e. The second-order valence-corrected chi connectivity index (χ2v) is 14.6. The van der Waals surface area contributed by atoms with Crippen LogP contribution in [0.5, 0.6) is 5.75 Å².